The zero-order valence-corrected chi connectivity index (χ0v) is 10.6. The number of benzene rings is 1. The molecule has 0 amide bonds. The summed E-state index contributed by atoms with van der Waals surface area (Å²) in [4.78, 5) is 15.2. The van der Waals surface area contributed by atoms with Gasteiger partial charge >= 0.3 is 5.97 Å². The number of aromatic nitrogens is 1. The maximum absolute atomic E-state index is 11.0. The van der Waals surface area contributed by atoms with Crippen molar-refractivity contribution in [2.45, 2.75) is 26.7 Å². The Bertz CT molecular complexity index is 567. The lowest BCUT2D eigenvalue weighted by Crippen LogP contribution is -1.97. The molecule has 0 aliphatic carbocycles. The summed E-state index contributed by atoms with van der Waals surface area (Å²) >= 11 is 0. The number of aromatic carboxylic acids is 1. The number of carboxylic acids is 1. The van der Waals surface area contributed by atoms with Gasteiger partial charge in [-0.3, -0.25) is 0 Å². The summed E-state index contributed by atoms with van der Waals surface area (Å²) in [6.45, 7) is 5.86. The summed E-state index contributed by atoms with van der Waals surface area (Å²) < 4.78 is 5.10. The predicted octanol–water partition coefficient (Wildman–Crippen LogP) is 3.47. The molecular weight excluding hydrogens is 230 g/mol. The van der Waals surface area contributed by atoms with Crippen LogP contribution in [-0.2, 0) is 0 Å². The largest absolute Gasteiger partial charge is 0.475 e. The molecule has 1 aromatic carbocycles. The van der Waals surface area contributed by atoms with E-state index in [2.05, 4.69) is 18.8 Å². The highest BCUT2D eigenvalue weighted by atomic mass is 16.4. The summed E-state index contributed by atoms with van der Waals surface area (Å²) in [5.74, 6) is -0.407. The van der Waals surface area contributed by atoms with Gasteiger partial charge < -0.3 is 9.52 Å². The van der Waals surface area contributed by atoms with Crippen molar-refractivity contribution in [3.8, 4) is 11.3 Å². The molecule has 0 saturated heterocycles. The van der Waals surface area contributed by atoms with Gasteiger partial charge in [-0.25, -0.2) is 9.78 Å². The van der Waals surface area contributed by atoms with Crippen molar-refractivity contribution in [3.05, 3.63) is 41.5 Å². The SMILES string of the molecule is Cc1nc(-c2ccc(C(C)C)cc2)c(C(=O)O)o1. The molecule has 1 aromatic heterocycles. The second-order valence-corrected chi connectivity index (χ2v) is 4.49. The van der Waals surface area contributed by atoms with Gasteiger partial charge in [0.15, 0.2) is 5.89 Å². The molecule has 0 unspecified atom stereocenters. The molecular formula is C14H15NO3. The Labute approximate surface area is 105 Å². The standard InChI is InChI=1S/C14H15NO3/c1-8(2)10-4-6-11(7-5-10)12-13(14(16)17)18-9(3)15-12/h4-8H,1-3H3,(H,16,17). The van der Waals surface area contributed by atoms with E-state index < -0.39 is 5.97 Å². The zero-order valence-electron chi connectivity index (χ0n) is 10.6. The van der Waals surface area contributed by atoms with Crippen LogP contribution in [0.25, 0.3) is 11.3 Å². The third kappa shape index (κ3) is 2.27. The van der Waals surface area contributed by atoms with Crippen molar-refractivity contribution >= 4 is 5.97 Å². The van der Waals surface area contributed by atoms with E-state index in [0.717, 1.165) is 5.56 Å². The van der Waals surface area contributed by atoms with Gasteiger partial charge in [0, 0.05) is 12.5 Å². The van der Waals surface area contributed by atoms with Crippen molar-refractivity contribution in [1.29, 1.82) is 0 Å². The van der Waals surface area contributed by atoms with Crippen LogP contribution in [0.4, 0.5) is 0 Å². The lowest BCUT2D eigenvalue weighted by molar-refractivity contribution is 0.0662. The van der Waals surface area contributed by atoms with Crippen molar-refractivity contribution < 1.29 is 14.3 Å². The third-order valence-electron chi connectivity index (χ3n) is 2.78. The molecule has 0 saturated carbocycles. The molecule has 0 aliphatic heterocycles. The molecule has 4 nitrogen and oxygen atoms in total. The summed E-state index contributed by atoms with van der Waals surface area (Å²) in [5, 5.41) is 9.05. The minimum atomic E-state index is -1.10. The highest BCUT2D eigenvalue weighted by Gasteiger charge is 2.19. The van der Waals surface area contributed by atoms with Gasteiger partial charge in [0.2, 0.25) is 5.76 Å². The van der Waals surface area contributed by atoms with Crippen LogP contribution >= 0.6 is 0 Å². The van der Waals surface area contributed by atoms with E-state index in [4.69, 9.17) is 9.52 Å². The zero-order chi connectivity index (χ0) is 13.3. The number of aryl methyl sites for hydroxylation is 1. The van der Waals surface area contributed by atoms with Crippen LogP contribution in [0.1, 0.15) is 41.8 Å². The van der Waals surface area contributed by atoms with Crippen molar-refractivity contribution in [2.24, 2.45) is 0 Å². The van der Waals surface area contributed by atoms with Crippen molar-refractivity contribution in [3.63, 3.8) is 0 Å². The van der Waals surface area contributed by atoms with E-state index >= 15 is 0 Å². The smallest absolute Gasteiger partial charge is 0.374 e. The van der Waals surface area contributed by atoms with Gasteiger partial charge in [0.1, 0.15) is 5.69 Å². The fourth-order valence-electron chi connectivity index (χ4n) is 1.79. The van der Waals surface area contributed by atoms with Crippen LogP contribution in [-0.4, -0.2) is 16.1 Å². The van der Waals surface area contributed by atoms with E-state index in [-0.39, 0.29) is 5.76 Å². The lowest BCUT2D eigenvalue weighted by Gasteiger charge is -2.05. The summed E-state index contributed by atoms with van der Waals surface area (Å²) in [7, 11) is 0. The Morgan fingerprint density at radius 1 is 1.28 bits per heavy atom. The first-order valence-corrected chi connectivity index (χ1v) is 5.80. The Morgan fingerprint density at radius 3 is 2.39 bits per heavy atom. The van der Waals surface area contributed by atoms with Crippen molar-refractivity contribution in [1.82, 2.24) is 4.98 Å². The lowest BCUT2D eigenvalue weighted by atomic mass is 10.0. The number of carboxylic acid groups (broad SMARTS) is 1. The van der Waals surface area contributed by atoms with Gasteiger partial charge in [0.25, 0.3) is 0 Å². The van der Waals surface area contributed by atoms with Crippen LogP contribution in [0.15, 0.2) is 28.7 Å². The maximum Gasteiger partial charge on any atom is 0.374 e. The molecule has 1 heterocycles. The topological polar surface area (TPSA) is 63.3 Å². The second-order valence-electron chi connectivity index (χ2n) is 4.49. The Kier molecular flexibility index (Phi) is 3.19. The monoisotopic (exact) mass is 245 g/mol. The third-order valence-corrected chi connectivity index (χ3v) is 2.78. The Hall–Kier alpha value is -2.10. The van der Waals surface area contributed by atoms with Gasteiger partial charge in [-0.15, -0.1) is 0 Å². The van der Waals surface area contributed by atoms with E-state index in [1.54, 1.807) is 6.92 Å². The summed E-state index contributed by atoms with van der Waals surface area (Å²) in [5.41, 5.74) is 2.35. The first-order chi connectivity index (χ1) is 8.49. The number of carbonyl (C=O) groups is 1. The number of nitrogens with zero attached hydrogens (tertiary/aromatic N) is 1. The van der Waals surface area contributed by atoms with Crippen LogP contribution < -0.4 is 0 Å². The molecule has 0 bridgehead atoms. The normalized spacial score (nSPS) is 10.9. The van der Waals surface area contributed by atoms with Gasteiger partial charge in [-0.2, -0.15) is 0 Å². The van der Waals surface area contributed by atoms with Gasteiger partial charge in [0.05, 0.1) is 0 Å². The fraction of sp³-hybridized carbons (Fsp3) is 0.286. The number of hydrogen-bond donors (Lipinski definition) is 1. The quantitative estimate of drug-likeness (QED) is 0.899. The molecule has 0 spiro atoms. The first-order valence-electron chi connectivity index (χ1n) is 5.80. The number of rotatable bonds is 3. The average molecular weight is 245 g/mol. The molecule has 4 heteroatoms. The molecule has 2 aromatic rings. The van der Waals surface area contributed by atoms with Gasteiger partial charge in [-0.05, 0) is 11.5 Å². The van der Waals surface area contributed by atoms with E-state index in [9.17, 15) is 4.79 Å². The van der Waals surface area contributed by atoms with Crippen LogP contribution in [0.2, 0.25) is 0 Å². The molecule has 0 atom stereocenters. The molecule has 18 heavy (non-hydrogen) atoms. The van der Waals surface area contributed by atoms with Crippen LogP contribution in [0.5, 0.6) is 0 Å². The highest BCUT2D eigenvalue weighted by molar-refractivity contribution is 5.91. The Morgan fingerprint density at radius 2 is 1.89 bits per heavy atom. The maximum atomic E-state index is 11.0. The van der Waals surface area contributed by atoms with E-state index in [1.165, 1.54) is 5.56 Å². The van der Waals surface area contributed by atoms with Gasteiger partial charge in [-0.1, -0.05) is 38.1 Å². The van der Waals surface area contributed by atoms with Crippen LogP contribution in [0.3, 0.4) is 0 Å². The molecule has 1 N–H and O–H groups in total. The predicted molar refractivity (Wildman–Crippen MR) is 67.7 cm³/mol. The minimum Gasteiger partial charge on any atom is -0.475 e. The first kappa shape index (κ1) is 12.4. The summed E-state index contributed by atoms with van der Waals surface area (Å²) in [6, 6.07) is 7.71. The van der Waals surface area contributed by atoms with E-state index in [0.29, 0.717) is 17.5 Å². The second kappa shape index (κ2) is 4.64. The molecule has 0 fully saturated rings. The number of oxazole rings is 1. The summed E-state index contributed by atoms with van der Waals surface area (Å²) in [6.07, 6.45) is 0. The Balaban J connectivity index is 2.45. The number of hydrogen-bond acceptors (Lipinski definition) is 3. The van der Waals surface area contributed by atoms with E-state index in [1.807, 2.05) is 24.3 Å². The molecule has 94 valence electrons. The molecule has 2 rings (SSSR count). The average Bonchev–Trinajstić information content (AvgIpc) is 2.71. The highest BCUT2D eigenvalue weighted by Crippen LogP contribution is 2.25. The molecule has 0 radical (unpaired) electrons. The van der Waals surface area contributed by atoms with Crippen molar-refractivity contribution in [2.75, 3.05) is 0 Å². The minimum absolute atomic E-state index is 0.107. The van der Waals surface area contributed by atoms with Crippen LogP contribution in [0, 0.1) is 6.92 Å². The molecule has 0 aliphatic rings. The fourth-order valence-corrected chi connectivity index (χ4v) is 1.79.